The van der Waals surface area contributed by atoms with Crippen LogP contribution in [0.15, 0.2) is 30.6 Å². The number of hydrogen-bond donors (Lipinski definition) is 2. The molecule has 3 heterocycles. The van der Waals surface area contributed by atoms with Gasteiger partial charge in [-0.3, -0.25) is 9.59 Å². The number of imidazole rings is 1. The Morgan fingerprint density at radius 3 is 2.79 bits per heavy atom. The molecule has 0 radical (unpaired) electrons. The number of amides is 2. The average Bonchev–Trinajstić information content (AvgIpc) is 3.24. The first kappa shape index (κ1) is 20.8. The molecule has 0 unspecified atom stereocenters. The summed E-state index contributed by atoms with van der Waals surface area (Å²) >= 11 is 0. The van der Waals surface area contributed by atoms with Crippen LogP contribution in [-0.2, 0) is 24.2 Å². The van der Waals surface area contributed by atoms with Gasteiger partial charge >= 0.3 is 0 Å². The topological polar surface area (TPSA) is 88.9 Å². The van der Waals surface area contributed by atoms with Crippen LogP contribution in [0, 0.1) is 11.7 Å². The maximum absolute atomic E-state index is 15.8. The third-order valence-corrected chi connectivity index (χ3v) is 6.85. The van der Waals surface area contributed by atoms with Gasteiger partial charge in [-0.25, -0.2) is 14.4 Å². The van der Waals surface area contributed by atoms with Gasteiger partial charge in [-0.05, 0) is 42.5 Å². The maximum atomic E-state index is 15.8. The first-order valence-electron chi connectivity index (χ1n) is 11.6. The Morgan fingerprint density at radius 1 is 1.21 bits per heavy atom. The molecule has 172 valence electrons. The number of carbonyl (C=O) groups excluding carboxylic acids is 2. The molecule has 2 N–H and O–H groups in total. The minimum atomic E-state index is -0.337. The summed E-state index contributed by atoms with van der Waals surface area (Å²) in [6.07, 6.45) is 9.33. The minimum absolute atomic E-state index is 0.0237. The van der Waals surface area contributed by atoms with E-state index in [4.69, 9.17) is 0 Å². The highest BCUT2D eigenvalue weighted by Crippen LogP contribution is 2.40. The van der Waals surface area contributed by atoms with Crippen molar-refractivity contribution in [1.29, 1.82) is 0 Å². The number of rotatable bonds is 5. The smallest absolute Gasteiger partial charge is 0.253 e. The Kier molecular flexibility index (Phi) is 4.83. The number of anilines is 1. The van der Waals surface area contributed by atoms with Gasteiger partial charge in [0, 0.05) is 61.4 Å². The number of allylic oxidation sites excluding steroid dienone is 1. The largest absolute Gasteiger partial charge is 0.355 e. The van der Waals surface area contributed by atoms with Gasteiger partial charge in [0.15, 0.2) is 0 Å². The highest BCUT2D eigenvalue weighted by Gasteiger charge is 2.32. The number of halogens is 1. The molecule has 7 nitrogen and oxygen atoms in total. The summed E-state index contributed by atoms with van der Waals surface area (Å²) in [5, 5.41) is 5.55. The fraction of sp³-hybridized carbons (Fsp3) is 0.308. The third-order valence-electron chi connectivity index (χ3n) is 6.85. The van der Waals surface area contributed by atoms with E-state index in [0.29, 0.717) is 40.2 Å². The average molecular weight is 458 g/mol. The monoisotopic (exact) mass is 457 g/mol. The summed E-state index contributed by atoms with van der Waals surface area (Å²) in [7, 11) is 1.56. The van der Waals surface area contributed by atoms with Crippen LogP contribution in [0.4, 0.5) is 10.2 Å². The molecule has 8 heteroatoms. The van der Waals surface area contributed by atoms with E-state index >= 15 is 4.39 Å². The van der Waals surface area contributed by atoms with Gasteiger partial charge < -0.3 is 15.2 Å². The van der Waals surface area contributed by atoms with Gasteiger partial charge in [0.05, 0.1) is 11.3 Å². The van der Waals surface area contributed by atoms with Crippen molar-refractivity contribution >= 4 is 29.3 Å². The van der Waals surface area contributed by atoms with E-state index < -0.39 is 0 Å². The number of pyridine rings is 1. The summed E-state index contributed by atoms with van der Waals surface area (Å²) in [5.74, 6) is 0.782. The van der Waals surface area contributed by atoms with Gasteiger partial charge in [0.1, 0.15) is 17.5 Å². The maximum Gasteiger partial charge on any atom is 0.253 e. The number of nitrogens with zero attached hydrogens (tertiary/aromatic N) is 3. The zero-order valence-corrected chi connectivity index (χ0v) is 18.8. The number of benzene rings is 1. The van der Waals surface area contributed by atoms with Gasteiger partial charge in [-0.2, -0.15) is 0 Å². The Bertz CT molecular complexity index is 1360. The standard InChI is InChI=1S/C26H24FN5O2/c1-28-26(34)20-12-29-24(31-25(33)14-7-8-14)19-11-15(10-18(19)20)16-4-2-5-17(23(16)27)21-13-32-9-3-6-22(32)30-21/h2,4-5,10,12-14H,3,6-9,11H2,1H3,(H,28,34)(H,29,31,33). The first-order valence-corrected chi connectivity index (χ1v) is 11.6. The Morgan fingerprint density at radius 2 is 2.03 bits per heavy atom. The lowest BCUT2D eigenvalue weighted by molar-refractivity contribution is -0.117. The fourth-order valence-corrected chi connectivity index (χ4v) is 4.85. The van der Waals surface area contributed by atoms with Crippen molar-refractivity contribution in [3.8, 4) is 11.3 Å². The van der Waals surface area contributed by atoms with Crippen LogP contribution < -0.4 is 10.6 Å². The van der Waals surface area contributed by atoms with Crippen molar-refractivity contribution in [3.63, 3.8) is 0 Å². The van der Waals surface area contributed by atoms with E-state index in [0.717, 1.165) is 49.2 Å². The summed E-state index contributed by atoms with van der Waals surface area (Å²) in [6.45, 7) is 0.911. The Labute approximate surface area is 196 Å². The second kappa shape index (κ2) is 7.90. The molecule has 6 rings (SSSR count). The second-order valence-corrected chi connectivity index (χ2v) is 9.11. The Balaban J connectivity index is 1.39. The lowest BCUT2D eigenvalue weighted by Crippen LogP contribution is -2.21. The number of aryl methyl sites for hydroxylation is 2. The molecule has 0 bridgehead atoms. The minimum Gasteiger partial charge on any atom is -0.355 e. The molecule has 0 atom stereocenters. The molecule has 2 aliphatic carbocycles. The molecule has 1 aliphatic heterocycles. The van der Waals surface area contributed by atoms with Crippen LogP contribution in [-0.4, -0.2) is 33.4 Å². The SMILES string of the molecule is CNC(=O)c1cnc(NC(=O)C2CC2)c2c1C=C(c1cccc(-c3cn4c(n3)CCC4)c1F)C2. The van der Waals surface area contributed by atoms with Gasteiger partial charge in [-0.15, -0.1) is 0 Å². The molecule has 3 aromatic rings. The second-order valence-electron chi connectivity index (χ2n) is 9.11. The molecular weight excluding hydrogens is 433 g/mol. The molecule has 1 fully saturated rings. The van der Waals surface area contributed by atoms with Crippen LogP contribution in [0.25, 0.3) is 22.9 Å². The van der Waals surface area contributed by atoms with Crippen LogP contribution in [0.5, 0.6) is 0 Å². The highest BCUT2D eigenvalue weighted by atomic mass is 19.1. The Hall–Kier alpha value is -3.81. The highest BCUT2D eigenvalue weighted by molar-refractivity contribution is 6.04. The van der Waals surface area contributed by atoms with Gasteiger partial charge in [-0.1, -0.05) is 12.1 Å². The van der Waals surface area contributed by atoms with E-state index in [1.807, 2.05) is 18.3 Å². The van der Waals surface area contributed by atoms with E-state index in [-0.39, 0.29) is 23.5 Å². The molecule has 3 aliphatic rings. The number of fused-ring (bicyclic) bond motifs is 2. The van der Waals surface area contributed by atoms with Crippen molar-refractivity contribution in [2.75, 3.05) is 12.4 Å². The molecule has 2 aromatic heterocycles. The van der Waals surface area contributed by atoms with E-state index in [1.165, 1.54) is 6.20 Å². The van der Waals surface area contributed by atoms with Crippen LogP contribution in [0.1, 0.15) is 52.1 Å². The number of hydrogen-bond acceptors (Lipinski definition) is 4. The predicted molar refractivity (Wildman–Crippen MR) is 126 cm³/mol. The zero-order chi connectivity index (χ0) is 23.4. The first-order chi connectivity index (χ1) is 16.5. The van der Waals surface area contributed by atoms with Crippen LogP contribution in [0.3, 0.4) is 0 Å². The normalized spacial score (nSPS) is 16.1. The molecule has 2 amide bonds. The molecular formula is C26H24FN5O2. The lowest BCUT2D eigenvalue weighted by Gasteiger charge is -2.12. The summed E-state index contributed by atoms with van der Waals surface area (Å²) in [5.41, 5.74) is 4.10. The van der Waals surface area contributed by atoms with Crippen molar-refractivity contribution < 1.29 is 14.0 Å². The van der Waals surface area contributed by atoms with E-state index in [2.05, 4.69) is 25.2 Å². The summed E-state index contributed by atoms with van der Waals surface area (Å²) in [6, 6.07) is 5.32. The summed E-state index contributed by atoms with van der Waals surface area (Å²) < 4.78 is 17.9. The van der Waals surface area contributed by atoms with Crippen molar-refractivity contribution in [1.82, 2.24) is 19.9 Å². The molecule has 34 heavy (non-hydrogen) atoms. The van der Waals surface area contributed by atoms with E-state index in [1.54, 1.807) is 19.2 Å². The molecule has 0 saturated heterocycles. The van der Waals surface area contributed by atoms with Crippen LogP contribution in [0.2, 0.25) is 0 Å². The molecule has 1 aromatic carbocycles. The van der Waals surface area contributed by atoms with Crippen molar-refractivity contribution in [3.05, 3.63) is 64.5 Å². The number of nitrogens with one attached hydrogen (secondary N) is 2. The summed E-state index contributed by atoms with van der Waals surface area (Å²) in [4.78, 5) is 33.9. The molecule has 0 spiro atoms. The molecule has 1 saturated carbocycles. The lowest BCUT2D eigenvalue weighted by atomic mass is 9.99. The fourth-order valence-electron chi connectivity index (χ4n) is 4.85. The van der Waals surface area contributed by atoms with Crippen molar-refractivity contribution in [2.24, 2.45) is 5.92 Å². The third kappa shape index (κ3) is 3.41. The quantitative estimate of drug-likeness (QED) is 0.609. The number of aromatic nitrogens is 3. The van der Waals surface area contributed by atoms with Gasteiger partial charge in [0.2, 0.25) is 5.91 Å². The number of carbonyl (C=O) groups is 2. The van der Waals surface area contributed by atoms with Crippen molar-refractivity contribution in [2.45, 2.75) is 38.6 Å². The van der Waals surface area contributed by atoms with Crippen LogP contribution >= 0.6 is 0 Å². The van der Waals surface area contributed by atoms with E-state index in [9.17, 15) is 9.59 Å². The van der Waals surface area contributed by atoms with Gasteiger partial charge in [0.25, 0.3) is 5.91 Å². The zero-order valence-electron chi connectivity index (χ0n) is 18.8. The predicted octanol–water partition coefficient (Wildman–Crippen LogP) is 3.84.